The number of aliphatic hydroxyl groups is 1. The Hall–Kier alpha value is -2.54. The van der Waals surface area contributed by atoms with Gasteiger partial charge in [0.15, 0.2) is 11.5 Å². The Kier molecular flexibility index (Phi) is 5.23. The van der Waals surface area contributed by atoms with Crippen LogP contribution in [-0.4, -0.2) is 42.5 Å². The van der Waals surface area contributed by atoms with Crippen LogP contribution in [0.15, 0.2) is 24.5 Å². The van der Waals surface area contributed by atoms with E-state index in [1.165, 1.54) is 0 Å². The summed E-state index contributed by atoms with van der Waals surface area (Å²) in [6.07, 6.45) is 2.89. The molecule has 134 valence electrons. The molecule has 3 rings (SSSR count). The second kappa shape index (κ2) is 7.57. The van der Waals surface area contributed by atoms with Gasteiger partial charge in [-0.2, -0.15) is 0 Å². The highest BCUT2D eigenvalue weighted by molar-refractivity contribution is 5.54. The minimum atomic E-state index is -0.199. The van der Waals surface area contributed by atoms with E-state index in [4.69, 9.17) is 14.2 Å². The Labute approximate surface area is 147 Å². The summed E-state index contributed by atoms with van der Waals surface area (Å²) >= 11 is 0. The van der Waals surface area contributed by atoms with Crippen LogP contribution in [0.5, 0.6) is 17.2 Å². The van der Waals surface area contributed by atoms with Crippen LogP contribution >= 0.6 is 0 Å². The maximum atomic E-state index is 9.45. The monoisotopic (exact) mass is 345 g/mol. The average molecular weight is 345 g/mol. The molecule has 0 unspecified atom stereocenters. The van der Waals surface area contributed by atoms with Crippen LogP contribution < -0.4 is 19.5 Å². The molecule has 25 heavy (non-hydrogen) atoms. The van der Waals surface area contributed by atoms with Gasteiger partial charge in [-0.1, -0.05) is 0 Å². The van der Waals surface area contributed by atoms with Gasteiger partial charge in [-0.25, -0.2) is 9.97 Å². The van der Waals surface area contributed by atoms with Crippen LogP contribution in [0.2, 0.25) is 0 Å². The Bertz CT molecular complexity index is 707. The van der Waals surface area contributed by atoms with Crippen LogP contribution in [0.1, 0.15) is 30.0 Å². The van der Waals surface area contributed by atoms with Gasteiger partial charge in [0, 0.05) is 24.2 Å². The molecule has 0 amide bonds. The summed E-state index contributed by atoms with van der Waals surface area (Å²) in [4.78, 5) is 8.57. The number of anilines is 1. The van der Waals surface area contributed by atoms with Crippen molar-refractivity contribution in [3.05, 3.63) is 35.8 Å². The van der Waals surface area contributed by atoms with Gasteiger partial charge in [-0.15, -0.1) is 0 Å². The fourth-order valence-corrected chi connectivity index (χ4v) is 2.95. The zero-order chi connectivity index (χ0) is 17.8. The van der Waals surface area contributed by atoms with Crippen LogP contribution in [-0.2, 0) is 6.54 Å². The van der Waals surface area contributed by atoms with Crippen molar-refractivity contribution in [3.8, 4) is 17.2 Å². The standard InChI is InChI=1S/C18H23N3O4/c1-23-15-4-11(5-16(24-2)18(15)25-3)9-19-17-8-14(20-10-21-17)12-6-13(22)7-12/h4-5,8,10,12-13,22H,6-7,9H2,1-3H3,(H,19,20,21). The van der Waals surface area contributed by atoms with E-state index in [9.17, 15) is 5.11 Å². The quantitative estimate of drug-likeness (QED) is 0.796. The molecule has 1 aliphatic carbocycles. The lowest BCUT2D eigenvalue weighted by Crippen LogP contribution is -2.27. The van der Waals surface area contributed by atoms with Gasteiger partial charge in [0.25, 0.3) is 0 Å². The van der Waals surface area contributed by atoms with Gasteiger partial charge in [0.1, 0.15) is 12.1 Å². The molecule has 1 fully saturated rings. The van der Waals surface area contributed by atoms with Crippen LogP contribution in [0.3, 0.4) is 0 Å². The molecule has 7 nitrogen and oxygen atoms in total. The molecule has 1 aliphatic rings. The molecule has 1 saturated carbocycles. The number of ether oxygens (including phenoxy) is 3. The third kappa shape index (κ3) is 3.76. The van der Waals surface area contributed by atoms with Crippen LogP contribution in [0, 0.1) is 0 Å². The number of aliphatic hydroxyl groups excluding tert-OH is 1. The summed E-state index contributed by atoms with van der Waals surface area (Å²) in [6.45, 7) is 0.556. The van der Waals surface area contributed by atoms with Gasteiger partial charge < -0.3 is 24.6 Å². The molecule has 0 bridgehead atoms. The van der Waals surface area contributed by atoms with Crippen molar-refractivity contribution in [2.75, 3.05) is 26.6 Å². The molecule has 0 spiro atoms. The van der Waals surface area contributed by atoms with E-state index in [1.807, 2.05) is 18.2 Å². The smallest absolute Gasteiger partial charge is 0.203 e. The van der Waals surface area contributed by atoms with E-state index >= 15 is 0 Å². The molecule has 1 aromatic carbocycles. The first kappa shape index (κ1) is 17.3. The summed E-state index contributed by atoms with van der Waals surface area (Å²) in [6, 6.07) is 5.74. The molecule has 0 atom stereocenters. The fraction of sp³-hybridized carbons (Fsp3) is 0.444. The summed E-state index contributed by atoms with van der Waals surface area (Å²) in [5.74, 6) is 2.87. The molecule has 1 heterocycles. The predicted octanol–water partition coefficient (Wildman–Crippen LogP) is 2.35. The van der Waals surface area contributed by atoms with Crippen molar-refractivity contribution in [2.24, 2.45) is 0 Å². The van der Waals surface area contributed by atoms with Gasteiger partial charge in [0.05, 0.1) is 27.4 Å². The number of methoxy groups -OCH3 is 3. The number of aromatic nitrogens is 2. The molecule has 7 heteroatoms. The lowest BCUT2D eigenvalue weighted by Gasteiger charge is -2.30. The predicted molar refractivity (Wildman–Crippen MR) is 93.4 cm³/mol. The minimum Gasteiger partial charge on any atom is -0.493 e. The largest absolute Gasteiger partial charge is 0.493 e. The molecule has 2 aromatic rings. The molecule has 2 N–H and O–H groups in total. The number of nitrogens with zero attached hydrogens (tertiary/aromatic N) is 2. The number of nitrogens with one attached hydrogen (secondary N) is 1. The van der Waals surface area contributed by atoms with E-state index in [0.717, 1.165) is 29.9 Å². The lowest BCUT2D eigenvalue weighted by atomic mass is 9.80. The lowest BCUT2D eigenvalue weighted by molar-refractivity contribution is 0.0732. The second-order valence-corrected chi connectivity index (χ2v) is 6.04. The van der Waals surface area contributed by atoms with Crippen molar-refractivity contribution < 1.29 is 19.3 Å². The maximum Gasteiger partial charge on any atom is 0.203 e. The molecule has 0 saturated heterocycles. The molecular formula is C18H23N3O4. The first-order valence-electron chi connectivity index (χ1n) is 8.17. The Balaban J connectivity index is 1.72. The van der Waals surface area contributed by atoms with Crippen molar-refractivity contribution in [3.63, 3.8) is 0 Å². The van der Waals surface area contributed by atoms with E-state index < -0.39 is 0 Å². The highest BCUT2D eigenvalue weighted by atomic mass is 16.5. The van der Waals surface area contributed by atoms with Crippen molar-refractivity contribution in [1.29, 1.82) is 0 Å². The normalized spacial score (nSPS) is 19.0. The van der Waals surface area contributed by atoms with E-state index in [0.29, 0.717) is 29.7 Å². The Morgan fingerprint density at radius 1 is 1.04 bits per heavy atom. The third-order valence-corrected chi connectivity index (χ3v) is 4.42. The van der Waals surface area contributed by atoms with Crippen molar-refractivity contribution in [1.82, 2.24) is 9.97 Å². The summed E-state index contributed by atoms with van der Waals surface area (Å²) in [5, 5.41) is 12.7. The topological polar surface area (TPSA) is 85.7 Å². The number of rotatable bonds is 7. The van der Waals surface area contributed by atoms with Crippen LogP contribution in [0.4, 0.5) is 5.82 Å². The van der Waals surface area contributed by atoms with Crippen molar-refractivity contribution in [2.45, 2.75) is 31.4 Å². The van der Waals surface area contributed by atoms with Gasteiger partial charge in [0.2, 0.25) is 5.75 Å². The second-order valence-electron chi connectivity index (χ2n) is 6.04. The molecule has 0 aliphatic heterocycles. The number of hydrogen-bond donors (Lipinski definition) is 2. The Morgan fingerprint density at radius 3 is 2.28 bits per heavy atom. The van der Waals surface area contributed by atoms with Gasteiger partial charge in [-0.3, -0.25) is 0 Å². The highest BCUT2D eigenvalue weighted by Crippen LogP contribution is 2.38. The van der Waals surface area contributed by atoms with Crippen LogP contribution in [0.25, 0.3) is 0 Å². The summed E-state index contributed by atoms with van der Waals surface area (Å²) < 4.78 is 16.1. The zero-order valence-corrected chi connectivity index (χ0v) is 14.7. The fourth-order valence-electron chi connectivity index (χ4n) is 2.95. The Morgan fingerprint density at radius 2 is 1.72 bits per heavy atom. The highest BCUT2D eigenvalue weighted by Gasteiger charge is 2.29. The SMILES string of the molecule is COc1cc(CNc2cc(C3CC(O)C3)ncn2)cc(OC)c1OC. The van der Waals surface area contributed by atoms with Gasteiger partial charge in [-0.05, 0) is 30.5 Å². The van der Waals surface area contributed by atoms with E-state index in [-0.39, 0.29) is 6.10 Å². The van der Waals surface area contributed by atoms with Gasteiger partial charge >= 0.3 is 0 Å². The molecule has 0 radical (unpaired) electrons. The van der Waals surface area contributed by atoms with E-state index in [1.54, 1.807) is 27.7 Å². The average Bonchev–Trinajstić information content (AvgIpc) is 2.63. The van der Waals surface area contributed by atoms with Crippen molar-refractivity contribution >= 4 is 5.82 Å². The first-order chi connectivity index (χ1) is 12.1. The zero-order valence-electron chi connectivity index (χ0n) is 14.7. The number of hydrogen-bond acceptors (Lipinski definition) is 7. The minimum absolute atomic E-state index is 0.199. The molecule has 1 aromatic heterocycles. The maximum absolute atomic E-state index is 9.45. The first-order valence-corrected chi connectivity index (χ1v) is 8.17. The summed E-state index contributed by atoms with van der Waals surface area (Å²) in [5.41, 5.74) is 1.95. The third-order valence-electron chi connectivity index (χ3n) is 4.42. The molecular weight excluding hydrogens is 322 g/mol. The number of benzene rings is 1. The van der Waals surface area contributed by atoms with E-state index in [2.05, 4.69) is 15.3 Å². The summed E-state index contributed by atoms with van der Waals surface area (Å²) in [7, 11) is 4.77.